The van der Waals surface area contributed by atoms with Gasteiger partial charge in [-0.3, -0.25) is 0 Å². The van der Waals surface area contributed by atoms with Gasteiger partial charge in [0.2, 0.25) is 0 Å². The first-order valence-corrected chi connectivity index (χ1v) is 19.9. The number of aromatic amines is 2. The van der Waals surface area contributed by atoms with Crippen molar-refractivity contribution >= 4 is 46.4 Å². The fourth-order valence-electron chi connectivity index (χ4n) is 8.22. The molecule has 7 nitrogen and oxygen atoms in total. The molecule has 0 saturated carbocycles. The Morgan fingerprint density at radius 3 is 1.20 bits per heavy atom. The molecule has 7 aromatic rings. The molecule has 0 radical (unpaired) electrons. The van der Waals surface area contributed by atoms with Crippen molar-refractivity contribution in [2.45, 2.75) is 52.4 Å². The fraction of sp³-hybridized carbons (Fsp3) is 0.154. The topological polar surface area (TPSA) is 105 Å². The van der Waals surface area contributed by atoms with Gasteiger partial charge in [0.1, 0.15) is 0 Å². The van der Waals surface area contributed by atoms with Gasteiger partial charge in [-0.05, 0) is 87.7 Å². The summed E-state index contributed by atoms with van der Waals surface area (Å²) in [4.78, 5) is 46.3. The molecule has 0 spiro atoms. The van der Waals surface area contributed by atoms with E-state index >= 15 is 0 Å². The number of fused-ring (bicyclic) bond motifs is 8. The third kappa shape index (κ3) is 6.88. The number of rotatable bonds is 4. The summed E-state index contributed by atoms with van der Waals surface area (Å²) in [6, 6.07) is 41.2. The highest BCUT2D eigenvalue weighted by molar-refractivity contribution is 6.00. The first kappa shape index (κ1) is 37.5. The minimum Gasteiger partial charge on any atom is -0.386 e. The van der Waals surface area contributed by atoms with Crippen LogP contribution in [0, 0.1) is 0 Å². The molecule has 0 fully saturated rings. The molecule has 4 aromatic heterocycles. The van der Waals surface area contributed by atoms with Crippen molar-refractivity contribution < 1.29 is 4.42 Å². The molecule has 3 aromatic carbocycles. The van der Waals surface area contributed by atoms with Gasteiger partial charge in [0.15, 0.2) is 0 Å². The van der Waals surface area contributed by atoms with E-state index in [1.165, 1.54) is 0 Å². The van der Waals surface area contributed by atoms with Crippen LogP contribution in [0.1, 0.15) is 75.4 Å². The van der Waals surface area contributed by atoms with Crippen LogP contribution in [-0.4, -0.2) is 19.9 Å². The molecule has 0 atom stereocenters. The van der Waals surface area contributed by atoms with Crippen molar-refractivity contribution in [3.8, 4) is 44.5 Å². The standard InChI is InChI=1S/C52H44N4O3/c1-51(2,3)35-30-34(48(52(4,5)6)50(58)59-49(35)57)47-42-28-26-40(55-42)45(32-18-12-8-13-19-32)38-24-22-36(53-38)44(31-16-10-7-11-17-31)37-23-25-39(54-37)46(33-20-14-9-15-21-33)41-27-29-43(47)56-41/h7-30,53-54H,1-6H3. The van der Waals surface area contributed by atoms with E-state index in [4.69, 9.17) is 14.4 Å². The normalized spacial score (nSPS) is 12.6. The van der Waals surface area contributed by atoms with Crippen molar-refractivity contribution in [1.29, 1.82) is 0 Å². The van der Waals surface area contributed by atoms with E-state index in [-0.39, 0.29) is 0 Å². The van der Waals surface area contributed by atoms with Gasteiger partial charge in [-0.1, -0.05) is 133 Å². The minimum atomic E-state index is -0.722. The Balaban J connectivity index is 1.53. The number of benzene rings is 3. The van der Waals surface area contributed by atoms with Gasteiger partial charge in [0.05, 0.1) is 28.3 Å². The zero-order valence-electron chi connectivity index (χ0n) is 34.0. The molecule has 0 aliphatic carbocycles. The van der Waals surface area contributed by atoms with Gasteiger partial charge in [-0.25, -0.2) is 19.6 Å². The van der Waals surface area contributed by atoms with E-state index in [9.17, 15) is 9.59 Å². The summed E-state index contributed by atoms with van der Waals surface area (Å²) in [5, 5.41) is 0. The lowest BCUT2D eigenvalue weighted by Crippen LogP contribution is -2.24. The van der Waals surface area contributed by atoms with Crippen molar-refractivity contribution in [1.82, 2.24) is 19.9 Å². The summed E-state index contributed by atoms with van der Waals surface area (Å²) in [5.41, 5.74) is 11.5. The van der Waals surface area contributed by atoms with Crippen molar-refractivity contribution in [3.63, 3.8) is 0 Å². The molecule has 9 rings (SSSR count). The summed E-state index contributed by atoms with van der Waals surface area (Å²) < 4.78 is 5.62. The first-order chi connectivity index (χ1) is 28.3. The number of hydrogen-bond donors (Lipinski definition) is 2. The van der Waals surface area contributed by atoms with Crippen LogP contribution in [0.25, 0.3) is 90.9 Å². The van der Waals surface area contributed by atoms with Crippen molar-refractivity contribution in [2.75, 3.05) is 0 Å². The summed E-state index contributed by atoms with van der Waals surface area (Å²) >= 11 is 0. The van der Waals surface area contributed by atoms with Crippen LogP contribution in [-0.2, 0) is 10.8 Å². The Kier molecular flexibility index (Phi) is 9.12. The second-order valence-electron chi connectivity index (χ2n) is 17.1. The molecule has 2 aliphatic rings. The average Bonchev–Trinajstić information content (AvgIpc) is 4.04. The second-order valence-corrected chi connectivity index (χ2v) is 17.1. The van der Waals surface area contributed by atoms with E-state index in [0.717, 1.165) is 66.8 Å². The highest BCUT2D eigenvalue weighted by Crippen LogP contribution is 2.41. The van der Waals surface area contributed by atoms with Crippen LogP contribution >= 0.6 is 0 Å². The summed E-state index contributed by atoms with van der Waals surface area (Å²) in [5.74, 6) is 0. The zero-order chi connectivity index (χ0) is 41.1. The highest BCUT2D eigenvalue weighted by atomic mass is 16.4. The van der Waals surface area contributed by atoms with Crippen molar-refractivity contribution in [3.05, 3.63) is 176 Å². The molecule has 59 heavy (non-hydrogen) atoms. The Hall–Kier alpha value is -7.12. The monoisotopic (exact) mass is 772 g/mol. The van der Waals surface area contributed by atoms with E-state index in [2.05, 4.69) is 82.8 Å². The summed E-state index contributed by atoms with van der Waals surface area (Å²) in [7, 11) is 0. The first-order valence-electron chi connectivity index (χ1n) is 19.9. The van der Waals surface area contributed by atoms with E-state index < -0.39 is 22.1 Å². The van der Waals surface area contributed by atoms with Gasteiger partial charge in [-0.15, -0.1) is 0 Å². The number of aromatic nitrogens is 4. The van der Waals surface area contributed by atoms with Crippen LogP contribution < -0.4 is 11.3 Å². The third-order valence-electron chi connectivity index (χ3n) is 10.9. The fourth-order valence-corrected chi connectivity index (χ4v) is 8.22. The molecule has 2 aliphatic heterocycles. The van der Waals surface area contributed by atoms with Gasteiger partial charge < -0.3 is 14.4 Å². The molecular weight excluding hydrogens is 729 g/mol. The van der Waals surface area contributed by atoms with Crippen LogP contribution in [0.2, 0.25) is 0 Å². The summed E-state index contributed by atoms with van der Waals surface area (Å²) in [6.07, 6.45) is 8.01. The van der Waals surface area contributed by atoms with Gasteiger partial charge in [0.25, 0.3) is 0 Å². The van der Waals surface area contributed by atoms with E-state index in [0.29, 0.717) is 33.6 Å². The Labute approximate surface area is 342 Å². The Morgan fingerprint density at radius 2 is 0.814 bits per heavy atom. The predicted octanol–water partition coefficient (Wildman–Crippen LogP) is 12.2. The lowest BCUT2D eigenvalue weighted by atomic mass is 9.81. The number of H-pyrrole nitrogens is 2. The smallest absolute Gasteiger partial charge is 0.343 e. The average molecular weight is 773 g/mol. The number of nitrogens with zero attached hydrogens (tertiary/aromatic N) is 2. The zero-order valence-corrected chi connectivity index (χ0v) is 34.0. The van der Waals surface area contributed by atoms with E-state index in [1.54, 1.807) is 0 Å². The van der Waals surface area contributed by atoms with Gasteiger partial charge in [-0.2, -0.15) is 0 Å². The summed E-state index contributed by atoms with van der Waals surface area (Å²) in [6.45, 7) is 11.7. The largest absolute Gasteiger partial charge is 0.386 e. The van der Waals surface area contributed by atoms with Crippen LogP contribution in [0.5, 0.6) is 0 Å². The number of nitrogens with one attached hydrogen (secondary N) is 2. The predicted molar refractivity (Wildman–Crippen MR) is 243 cm³/mol. The molecule has 2 N–H and O–H groups in total. The minimum absolute atomic E-state index is 0.370. The molecule has 7 heteroatoms. The molecular formula is C52H44N4O3. The van der Waals surface area contributed by atoms with Crippen molar-refractivity contribution in [2.24, 2.45) is 0 Å². The Morgan fingerprint density at radius 1 is 0.441 bits per heavy atom. The second kappa shape index (κ2) is 14.4. The van der Waals surface area contributed by atoms with Crippen LogP contribution in [0.4, 0.5) is 0 Å². The molecule has 290 valence electrons. The molecule has 8 bridgehead atoms. The van der Waals surface area contributed by atoms with E-state index in [1.807, 2.05) is 114 Å². The van der Waals surface area contributed by atoms with Gasteiger partial charge in [0, 0.05) is 49.9 Å². The maximum absolute atomic E-state index is 14.2. The maximum Gasteiger partial charge on any atom is 0.343 e. The SMILES string of the molecule is CC(C)(C)c1cc(-c2c3nc(c(-c4ccccc4)c4ccc([nH]4)c(-c4ccccc4)c4ccc([nH]4)c(-c4ccccc4)c4nc2C=C4)C=C3)c(C(C)(C)C)c(=O)oc1=O. The van der Waals surface area contributed by atoms with Crippen LogP contribution in [0.3, 0.4) is 0 Å². The lowest BCUT2D eigenvalue weighted by Gasteiger charge is -2.21. The molecule has 0 unspecified atom stereocenters. The molecule has 6 heterocycles. The van der Waals surface area contributed by atoms with Crippen LogP contribution in [0.15, 0.2) is 135 Å². The van der Waals surface area contributed by atoms with Gasteiger partial charge >= 0.3 is 11.3 Å². The maximum atomic E-state index is 14.2. The highest BCUT2D eigenvalue weighted by Gasteiger charge is 2.30. The Bertz CT molecular complexity index is 3000. The lowest BCUT2D eigenvalue weighted by molar-refractivity contribution is 0.434. The molecule has 0 amide bonds. The third-order valence-corrected chi connectivity index (χ3v) is 10.9. The number of hydrogen-bond acceptors (Lipinski definition) is 5. The quantitative estimate of drug-likeness (QED) is 0.185. The molecule has 0 saturated heterocycles.